The molecule has 0 N–H and O–H groups in total. The van der Waals surface area contributed by atoms with Gasteiger partial charge in [-0.05, 0) is 0 Å². The fourth-order valence-electron chi connectivity index (χ4n) is 1.50. The Balaban J connectivity index is 3.47. The van der Waals surface area contributed by atoms with E-state index in [-0.39, 0.29) is 7.41 Å². The average molecular weight is 129 g/mol. The molecule has 0 saturated heterocycles. The molecule has 0 rings (SSSR count). The van der Waals surface area contributed by atoms with Gasteiger partial charge >= 0.3 is 0 Å². The zero-order valence-electron chi connectivity index (χ0n) is 7.73. The van der Waals surface area contributed by atoms with Crippen LogP contribution >= 0.6 is 0 Å². The first-order valence-corrected chi connectivity index (χ1v) is 4.06. The SMILES string of the molecule is CC[C@@H](C)[BH2-][N+](C)(C)C. The number of rotatable bonds is 3. The molecule has 0 fully saturated rings. The van der Waals surface area contributed by atoms with E-state index in [1.54, 1.807) is 0 Å². The van der Waals surface area contributed by atoms with Crippen molar-refractivity contribution >= 4 is 7.41 Å². The summed E-state index contributed by atoms with van der Waals surface area (Å²) in [5.41, 5.74) is 0. The van der Waals surface area contributed by atoms with E-state index >= 15 is 0 Å². The molecule has 0 aliphatic rings. The Morgan fingerprint density at radius 2 is 1.78 bits per heavy atom. The molecule has 56 valence electrons. The van der Waals surface area contributed by atoms with E-state index < -0.39 is 0 Å². The molecule has 0 aromatic carbocycles. The van der Waals surface area contributed by atoms with Crippen molar-refractivity contribution in [1.29, 1.82) is 0 Å². The molecule has 0 aliphatic heterocycles. The van der Waals surface area contributed by atoms with Crippen molar-refractivity contribution in [2.45, 2.75) is 26.1 Å². The third-order valence-electron chi connectivity index (χ3n) is 2.03. The van der Waals surface area contributed by atoms with Gasteiger partial charge in [0.2, 0.25) is 0 Å². The molecule has 0 aromatic heterocycles. The van der Waals surface area contributed by atoms with Crippen LogP contribution in [0.15, 0.2) is 0 Å². The summed E-state index contributed by atoms with van der Waals surface area (Å²) >= 11 is 0. The lowest BCUT2D eigenvalue weighted by Crippen LogP contribution is -2.40. The van der Waals surface area contributed by atoms with E-state index in [4.69, 9.17) is 0 Å². The van der Waals surface area contributed by atoms with Gasteiger partial charge in [-0.15, -0.1) is 5.82 Å². The van der Waals surface area contributed by atoms with Crippen LogP contribution in [-0.4, -0.2) is 33.0 Å². The first-order valence-electron chi connectivity index (χ1n) is 4.06. The van der Waals surface area contributed by atoms with E-state index in [0.29, 0.717) is 0 Å². The van der Waals surface area contributed by atoms with Crippen LogP contribution in [0.5, 0.6) is 0 Å². The second-order valence-corrected chi connectivity index (χ2v) is 4.74. The maximum atomic E-state index is 2.36. The highest BCUT2D eigenvalue weighted by molar-refractivity contribution is 6.28. The van der Waals surface area contributed by atoms with Crippen LogP contribution in [0, 0.1) is 0 Å². The number of nitrogens with zero attached hydrogens (tertiary/aromatic N) is 1. The normalized spacial score (nSPS) is 15.7. The fraction of sp³-hybridized carbons (Fsp3) is 1.00. The van der Waals surface area contributed by atoms with Gasteiger partial charge in [0.05, 0.1) is 0 Å². The Morgan fingerprint density at radius 3 is 1.89 bits per heavy atom. The molecule has 0 radical (unpaired) electrons. The summed E-state index contributed by atoms with van der Waals surface area (Å²) in [7, 11) is 7.12. The summed E-state index contributed by atoms with van der Waals surface area (Å²) < 4.78 is 1.22. The topological polar surface area (TPSA) is 0 Å². The highest BCUT2D eigenvalue weighted by Crippen LogP contribution is 2.08. The molecular formula is C7H20BN. The van der Waals surface area contributed by atoms with Crippen molar-refractivity contribution < 1.29 is 4.39 Å². The minimum Gasteiger partial charge on any atom is -0.527 e. The van der Waals surface area contributed by atoms with E-state index in [0.717, 1.165) is 5.82 Å². The van der Waals surface area contributed by atoms with E-state index in [1.165, 1.54) is 10.8 Å². The quantitative estimate of drug-likeness (QED) is 0.498. The minimum absolute atomic E-state index is 0.229. The van der Waals surface area contributed by atoms with Crippen LogP contribution in [0.2, 0.25) is 5.82 Å². The monoisotopic (exact) mass is 129 g/mol. The smallest absolute Gasteiger partial charge is 0.184 e. The molecule has 0 unspecified atom stereocenters. The zero-order valence-corrected chi connectivity index (χ0v) is 7.73. The Labute approximate surface area is 59.9 Å². The average Bonchev–Trinajstić information content (AvgIpc) is 1.62. The van der Waals surface area contributed by atoms with Crippen molar-refractivity contribution in [3.8, 4) is 0 Å². The number of hydrogen-bond acceptors (Lipinski definition) is 0. The van der Waals surface area contributed by atoms with Crippen LogP contribution < -0.4 is 0 Å². The molecule has 0 spiro atoms. The standard InChI is InChI=1S/C7H20BN/c1-6-7(2)8-9(3,4)5/h7H,6,8H2,1-5H3/t7-/m1/s1. The van der Waals surface area contributed by atoms with Gasteiger partial charge in [0.25, 0.3) is 0 Å². The first-order chi connectivity index (χ1) is 3.95. The van der Waals surface area contributed by atoms with E-state index in [9.17, 15) is 0 Å². The Morgan fingerprint density at radius 1 is 1.33 bits per heavy atom. The molecule has 9 heavy (non-hydrogen) atoms. The van der Waals surface area contributed by atoms with Gasteiger partial charge in [-0.2, -0.15) is 0 Å². The largest absolute Gasteiger partial charge is 0.527 e. The van der Waals surface area contributed by atoms with Crippen LogP contribution in [-0.2, 0) is 0 Å². The molecular weight excluding hydrogens is 109 g/mol. The van der Waals surface area contributed by atoms with Gasteiger partial charge in [-0.3, -0.25) is 0 Å². The summed E-state index contributed by atoms with van der Waals surface area (Å²) in [5, 5.41) is 0. The molecule has 1 atom stereocenters. The van der Waals surface area contributed by atoms with Crippen molar-refractivity contribution in [2.75, 3.05) is 21.1 Å². The molecule has 2 heteroatoms. The molecule has 0 heterocycles. The molecule has 0 saturated carbocycles. The van der Waals surface area contributed by atoms with Gasteiger partial charge < -0.3 is 4.39 Å². The van der Waals surface area contributed by atoms with Crippen molar-refractivity contribution in [3.05, 3.63) is 0 Å². The Kier molecular flexibility index (Phi) is 3.27. The predicted octanol–water partition coefficient (Wildman–Crippen LogP) is 0.995. The summed E-state index contributed by atoms with van der Waals surface area (Å²) in [6.07, 6.45) is 1.36. The summed E-state index contributed by atoms with van der Waals surface area (Å²) in [6, 6.07) is 0. The Bertz CT molecular complexity index is 75.5. The van der Waals surface area contributed by atoms with E-state index in [1.807, 2.05) is 0 Å². The van der Waals surface area contributed by atoms with Crippen LogP contribution in [0.25, 0.3) is 0 Å². The molecule has 0 amide bonds. The third kappa shape index (κ3) is 5.90. The molecule has 0 aliphatic carbocycles. The second kappa shape index (κ2) is 3.26. The first kappa shape index (κ1) is 9.02. The van der Waals surface area contributed by atoms with Crippen LogP contribution in [0.3, 0.4) is 0 Å². The van der Waals surface area contributed by atoms with Gasteiger partial charge in [-0.1, -0.05) is 20.3 Å². The summed E-state index contributed by atoms with van der Waals surface area (Å²) in [5.74, 6) is 0.991. The number of hydrogen-bond donors (Lipinski definition) is 0. The molecule has 1 nitrogen and oxygen atoms in total. The van der Waals surface area contributed by atoms with Gasteiger partial charge in [0, 0.05) is 21.1 Å². The highest BCUT2D eigenvalue weighted by atomic mass is 15.2. The minimum atomic E-state index is 0.229. The molecule has 0 bridgehead atoms. The lowest BCUT2D eigenvalue weighted by atomic mass is 9.72. The van der Waals surface area contributed by atoms with Gasteiger partial charge in [0.15, 0.2) is 7.41 Å². The number of quaternary nitrogens is 1. The summed E-state index contributed by atoms with van der Waals surface area (Å²) in [4.78, 5) is 0. The lowest BCUT2D eigenvalue weighted by molar-refractivity contribution is -0.756. The van der Waals surface area contributed by atoms with Crippen LogP contribution in [0.1, 0.15) is 20.3 Å². The van der Waals surface area contributed by atoms with E-state index in [2.05, 4.69) is 35.0 Å². The van der Waals surface area contributed by atoms with Crippen molar-refractivity contribution in [2.24, 2.45) is 0 Å². The van der Waals surface area contributed by atoms with Gasteiger partial charge in [-0.25, -0.2) is 0 Å². The summed E-state index contributed by atoms with van der Waals surface area (Å²) in [6.45, 7) is 4.65. The van der Waals surface area contributed by atoms with Crippen molar-refractivity contribution in [3.63, 3.8) is 0 Å². The lowest BCUT2D eigenvalue weighted by Gasteiger charge is -2.36. The maximum Gasteiger partial charge on any atom is 0.184 e. The Hall–Kier alpha value is 0.0249. The second-order valence-electron chi connectivity index (χ2n) is 4.74. The predicted molar refractivity (Wildman–Crippen MR) is 46.3 cm³/mol. The highest BCUT2D eigenvalue weighted by Gasteiger charge is 2.04. The van der Waals surface area contributed by atoms with Gasteiger partial charge in [0.1, 0.15) is 0 Å². The molecule has 0 aromatic rings. The fourth-order valence-corrected chi connectivity index (χ4v) is 1.50. The van der Waals surface area contributed by atoms with Crippen molar-refractivity contribution in [1.82, 2.24) is 0 Å². The van der Waals surface area contributed by atoms with Crippen LogP contribution in [0.4, 0.5) is 0 Å². The zero-order chi connectivity index (χ0) is 7.49. The maximum absolute atomic E-state index is 2.36. The third-order valence-corrected chi connectivity index (χ3v) is 2.03.